The Morgan fingerprint density at radius 2 is 0.911 bits per heavy atom. The lowest BCUT2D eigenvalue weighted by atomic mass is 10.0. The number of likely N-dealkylation sites (N-methyl/N-ethyl adjacent to an activating group) is 1. The molecule has 2 atom stereocenters. The third-order valence-corrected chi connectivity index (χ3v) is 10.3. The molecule has 9 heteroatoms. The molecule has 9 nitrogen and oxygen atoms in total. The molecule has 0 aromatic carbocycles. The number of quaternary nitrogens is 1. The van der Waals surface area contributed by atoms with E-state index in [-0.39, 0.29) is 32.2 Å². The molecule has 56 heavy (non-hydrogen) atoms. The fraction of sp³-hybridized carbons (Fsp3) is 0.894. The fourth-order valence-electron chi connectivity index (χ4n) is 6.60. The van der Waals surface area contributed by atoms with Gasteiger partial charge in [-0.3, -0.25) is 9.59 Å². The van der Waals surface area contributed by atoms with Crippen molar-refractivity contribution in [2.75, 3.05) is 47.5 Å². The lowest BCUT2D eigenvalue weighted by molar-refractivity contribution is -0.870. The summed E-state index contributed by atoms with van der Waals surface area (Å²) in [5.74, 6) is -2.00. The zero-order valence-corrected chi connectivity index (χ0v) is 37.3. The van der Waals surface area contributed by atoms with Gasteiger partial charge < -0.3 is 28.5 Å². The Morgan fingerprint density at radius 1 is 0.518 bits per heavy atom. The van der Waals surface area contributed by atoms with Gasteiger partial charge in [0.15, 0.2) is 6.10 Å². The number of carboxylic acids is 1. The molecule has 0 saturated heterocycles. The van der Waals surface area contributed by atoms with Crippen LogP contribution in [0.5, 0.6) is 0 Å². The summed E-state index contributed by atoms with van der Waals surface area (Å²) in [6.45, 7) is 4.88. The van der Waals surface area contributed by atoms with Crippen LogP contribution in [0.1, 0.15) is 213 Å². The maximum Gasteiger partial charge on any atom is 0.361 e. The van der Waals surface area contributed by atoms with Crippen molar-refractivity contribution >= 4 is 17.9 Å². The van der Waals surface area contributed by atoms with Gasteiger partial charge in [-0.25, -0.2) is 4.79 Å². The van der Waals surface area contributed by atoms with Crippen LogP contribution in [-0.4, -0.2) is 87.4 Å². The fourth-order valence-corrected chi connectivity index (χ4v) is 6.60. The Bertz CT molecular complexity index is 934. The summed E-state index contributed by atoms with van der Waals surface area (Å²) in [4.78, 5) is 37.1. The molecule has 0 heterocycles. The molecule has 0 spiro atoms. The highest BCUT2D eigenvalue weighted by Crippen LogP contribution is 2.15. The smallest absolute Gasteiger partial charge is 0.361 e. The first-order valence-electron chi connectivity index (χ1n) is 23.4. The quantitative estimate of drug-likeness (QED) is 0.0214. The summed E-state index contributed by atoms with van der Waals surface area (Å²) in [5.41, 5.74) is 0. The molecule has 0 aliphatic heterocycles. The standard InChI is InChI=1S/C47H89NO8/c1-6-8-10-12-14-16-18-20-22-23-24-26-28-30-32-34-36-38-45(50)56-43(42-55-47(46(51)52)53-40-39-48(3,4)5)41-54-44(49)37-35-33-31-29-27-25-21-19-17-15-13-11-9-7-2/h20,22,43,47H,6-19,21,23-42H2,1-5H3/p+1/b22-20-. The van der Waals surface area contributed by atoms with Crippen molar-refractivity contribution in [2.45, 2.75) is 225 Å². The van der Waals surface area contributed by atoms with Crippen LogP contribution in [0.15, 0.2) is 12.2 Å². The minimum atomic E-state index is -1.50. The van der Waals surface area contributed by atoms with Crippen molar-refractivity contribution in [1.82, 2.24) is 0 Å². The number of hydrogen-bond donors (Lipinski definition) is 1. The number of esters is 2. The Balaban J connectivity index is 4.40. The van der Waals surface area contributed by atoms with E-state index in [1.165, 1.54) is 135 Å². The Hall–Kier alpha value is -1.97. The highest BCUT2D eigenvalue weighted by Gasteiger charge is 2.25. The van der Waals surface area contributed by atoms with Gasteiger partial charge in [0.05, 0.1) is 34.4 Å². The van der Waals surface area contributed by atoms with Gasteiger partial charge in [0, 0.05) is 12.8 Å². The molecule has 0 bridgehead atoms. The molecule has 0 radical (unpaired) electrons. The van der Waals surface area contributed by atoms with Crippen molar-refractivity contribution in [3.63, 3.8) is 0 Å². The van der Waals surface area contributed by atoms with E-state index in [1.807, 2.05) is 21.1 Å². The van der Waals surface area contributed by atoms with E-state index in [2.05, 4.69) is 26.0 Å². The summed E-state index contributed by atoms with van der Waals surface area (Å²) in [5, 5.41) is 9.64. The number of hydrogen-bond acceptors (Lipinski definition) is 7. The third-order valence-electron chi connectivity index (χ3n) is 10.3. The molecule has 0 rings (SSSR count). The summed E-state index contributed by atoms with van der Waals surface area (Å²) in [6, 6.07) is 0. The van der Waals surface area contributed by atoms with E-state index in [9.17, 15) is 19.5 Å². The molecule has 330 valence electrons. The molecule has 2 unspecified atom stereocenters. The van der Waals surface area contributed by atoms with Gasteiger partial charge >= 0.3 is 17.9 Å². The van der Waals surface area contributed by atoms with Gasteiger partial charge in [0.25, 0.3) is 6.29 Å². The first-order valence-corrected chi connectivity index (χ1v) is 23.4. The monoisotopic (exact) mass is 797 g/mol. The van der Waals surface area contributed by atoms with Crippen molar-refractivity contribution in [2.24, 2.45) is 0 Å². The molecule has 0 aliphatic rings. The van der Waals surface area contributed by atoms with Gasteiger partial charge in [0.2, 0.25) is 0 Å². The maximum atomic E-state index is 12.8. The van der Waals surface area contributed by atoms with E-state index in [4.69, 9.17) is 18.9 Å². The van der Waals surface area contributed by atoms with E-state index in [1.54, 1.807) is 0 Å². The zero-order chi connectivity index (χ0) is 41.4. The minimum Gasteiger partial charge on any atom is -0.477 e. The van der Waals surface area contributed by atoms with Gasteiger partial charge in [0.1, 0.15) is 13.2 Å². The van der Waals surface area contributed by atoms with E-state index < -0.39 is 24.3 Å². The molecule has 0 aromatic rings. The first-order chi connectivity index (χ1) is 27.1. The number of rotatable bonds is 43. The number of carbonyl (C=O) groups is 3. The number of unbranched alkanes of at least 4 members (excludes halogenated alkanes) is 26. The number of nitrogens with zero attached hydrogens (tertiary/aromatic N) is 1. The van der Waals surface area contributed by atoms with Gasteiger partial charge in [-0.15, -0.1) is 0 Å². The number of carbonyl (C=O) groups excluding carboxylic acids is 2. The molecule has 1 N–H and O–H groups in total. The highest BCUT2D eigenvalue weighted by molar-refractivity contribution is 5.71. The highest BCUT2D eigenvalue weighted by atomic mass is 16.7. The number of aliphatic carboxylic acids is 1. The summed E-state index contributed by atoms with van der Waals surface area (Å²) in [7, 11) is 5.96. The summed E-state index contributed by atoms with van der Waals surface area (Å²) >= 11 is 0. The average molecular weight is 797 g/mol. The lowest BCUT2D eigenvalue weighted by Crippen LogP contribution is -2.40. The Kier molecular flexibility index (Phi) is 38.4. The van der Waals surface area contributed by atoms with Crippen LogP contribution >= 0.6 is 0 Å². The second kappa shape index (κ2) is 39.8. The second-order valence-corrected chi connectivity index (χ2v) is 17.1. The predicted molar refractivity (Wildman–Crippen MR) is 231 cm³/mol. The van der Waals surface area contributed by atoms with Crippen LogP contribution in [0, 0.1) is 0 Å². The Labute approximate surface area is 345 Å². The van der Waals surface area contributed by atoms with Crippen molar-refractivity contribution in [3.8, 4) is 0 Å². The molecule has 0 aliphatic carbocycles. The van der Waals surface area contributed by atoms with Crippen molar-refractivity contribution < 1.29 is 42.9 Å². The molecular weight excluding hydrogens is 707 g/mol. The largest absolute Gasteiger partial charge is 0.477 e. The summed E-state index contributed by atoms with van der Waals surface area (Å²) in [6.07, 6.45) is 38.3. The number of allylic oxidation sites excluding steroid dienone is 2. The molecule has 0 aromatic heterocycles. The van der Waals surface area contributed by atoms with E-state index >= 15 is 0 Å². The average Bonchev–Trinajstić information content (AvgIpc) is 3.15. The van der Waals surface area contributed by atoms with E-state index in [0.717, 1.165) is 51.4 Å². The van der Waals surface area contributed by atoms with Gasteiger partial charge in [-0.1, -0.05) is 174 Å². The van der Waals surface area contributed by atoms with Crippen LogP contribution in [0.2, 0.25) is 0 Å². The zero-order valence-electron chi connectivity index (χ0n) is 37.3. The van der Waals surface area contributed by atoms with Crippen LogP contribution < -0.4 is 0 Å². The SMILES string of the molecule is CCCCCCCC/C=C\CCCCCCCCCC(=O)OC(COC(=O)CCCCCCCCCCCCCCCC)COC(OCC[N+](C)(C)C)C(=O)O. The normalized spacial score (nSPS) is 12.9. The Morgan fingerprint density at radius 3 is 1.32 bits per heavy atom. The van der Waals surface area contributed by atoms with Crippen LogP contribution in [-0.2, 0) is 33.3 Å². The molecular formula is C47H90NO8+. The first kappa shape index (κ1) is 54.0. The molecule has 0 amide bonds. The van der Waals surface area contributed by atoms with Crippen LogP contribution in [0.3, 0.4) is 0 Å². The maximum absolute atomic E-state index is 12.8. The second-order valence-electron chi connectivity index (χ2n) is 17.1. The molecule has 0 fully saturated rings. The molecule has 0 saturated carbocycles. The predicted octanol–water partition coefficient (Wildman–Crippen LogP) is 12.3. The van der Waals surface area contributed by atoms with Crippen LogP contribution in [0.25, 0.3) is 0 Å². The van der Waals surface area contributed by atoms with Crippen molar-refractivity contribution in [3.05, 3.63) is 12.2 Å². The van der Waals surface area contributed by atoms with E-state index in [0.29, 0.717) is 17.4 Å². The number of ether oxygens (including phenoxy) is 4. The number of carboxylic acid groups (broad SMARTS) is 1. The van der Waals surface area contributed by atoms with Crippen LogP contribution in [0.4, 0.5) is 0 Å². The van der Waals surface area contributed by atoms with Crippen molar-refractivity contribution in [1.29, 1.82) is 0 Å². The summed E-state index contributed by atoms with van der Waals surface area (Å²) < 4.78 is 22.8. The third kappa shape index (κ3) is 40.2. The van der Waals surface area contributed by atoms with Gasteiger partial charge in [-0.05, 0) is 38.5 Å². The lowest BCUT2D eigenvalue weighted by Gasteiger charge is -2.25. The van der Waals surface area contributed by atoms with Gasteiger partial charge in [-0.2, -0.15) is 0 Å². The topological polar surface area (TPSA) is 108 Å². The minimum absolute atomic E-state index is 0.178.